The van der Waals surface area contributed by atoms with Gasteiger partial charge < -0.3 is 15.2 Å². The minimum atomic E-state index is -0.532. The number of hydrogen-bond acceptors (Lipinski definition) is 5. The number of carbonyl (C=O) groups excluding carboxylic acids is 2. The van der Waals surface area contributed by atoms with Crippen LogP contribution >= 0.6 is 0 Å². The summed E-state index contributed by atoms with van der Waals surface area (Å²) in [5.74, 6) is -0.418. The van der Waals surface area contributed by atoms with Crippen LogP contribution in [0.2, 0.25) is 0 Å². The molecule has 1 atom stereocenters. The van der Waals surface area contributed by atoms with Crippen molar-refractivity contribution in [1.82, 2.24) is 0 Å². The standard InChI is InChI=1S/C20H23NO4/c1-4-24-20(23)18-16(13-10-11(2)8-9-12(13)3)17-14(22)6-5-7-15(17)25-19(18)21/h8-10,16H,4-7,21H2,1-3H3/t16-/m0/s1. The zero-order valence-corrected chi connectivity index (χ0v) is 14.8. The van der Waals surface area contributed by atoms with Gasteiger partial charge >= 0.3 is 5.97 Å². The normalized spacial score (nSPS) is 20.3. The van der Waals surface area contributed by atoms with Gasteiger partial charge in [0.1, 0.15) is 11.3 Å². The van der Waals surface area contributed by atoms with Crippen molar-refractivity contribution < 1.29 is 19.1 Å². The van der Waals surface area contributed by atoms with Crippen molar-refractivity contribution in [3.63, 3.8) is 0 Å². The van der Waals surface area contributed by atoms with Crippen LogP contribution in [-0.2, 0) is 19.1 Å². The Morgan fingerprint density at radius 2 is 2.08 bits per heavy atom. The lowest BCUT2D eigenvalue weighted by Crippen LogP contribution is -2.31. The molecular weight excluding hydrogens is 318 g/mol. The molecule has 0 amide bonds. The molecule has 2 N–H and O–H groups in total. The summed E-state index contributed by atoms with van der Waals surface area (Å²) in [6.45, 7) is 5.92. The van der Waals surface area contributed by atoms with Crippen molar-refractivity contribution in [3.05, 3.63) is 57.7 Å². The Hall–Kier alpha value is -2.56. The molecule has 25 heavy (non-hydrogen) atoms. The second kappa shape index (κ2) is 6.75. The number of ether oxygens (including phenoxy) is 2. The third-order valence-corrected chi connectivity index (χ3v) is 4.73. The fourth-order valence-electron chi connectivity index (χ4n) is 3.55. The van der Waals surface area contributed by atoms with E-state index < -0.39 is 11.9 Å². The topological polar surface area (TPSA) is 78.6 Å². The van der Waals surface area contributed by atoms with Crippen molar-refractivity contribution >= 4 is 11.8 Å². The molecule has 1 heterocycles. The van der Waals surface area contributed by atoms with Crippen LogP contribution in [-0.4, -0.2) is 18.4 Å². The number of hydrogen-bond donors (Lipinski definition) is 1. The number of nitrogens with two attached hydrogens (primary N) is 1. The van der Waals surface area contributed by atoms with Gasteiger partial charge in [0.25, 0.3) is 0 Å². The number of ketones is 1. The van der Waals surface area contributed by atoms with Crippen molar-refractivity contribution in [3.8, 4) is 0 Å². The second-order valence-corrected chi connectivity index (χ2v) is 6.51. The highest BCUT2D eigenvalue weighted by Crippen LogP contribution is 2.44. The molecule has 0 fully saturated rings. The van der Waals surface area contributed by atoms with E-state index in [2.05, 4.69) is 0 Å². The lowest BCUT2D eigenvalue weighted by molar-refractivity contribution is -0.139. The number of benzene rings is 1. The van der Waals surface area contributed by atoms with Gasteiger partial charge in [-0.25, -0.2) is 4.79 Å². The monoisotopic (exact) mass is 341 g/mol. The van der Waals surface area contributed by atoms with Crippen LogP contribution in [0.1, 0.15) is 48.8 Å². The van der Waals surface area contributed by atoms with E-state index in [9.17, 15) is 9.59 Å². The fraction of sp³-hybridized carbons (Fsp3) is 0.400. The zero-order chi connectivity index (χ0) is 18.1. The van der Waals surface area contributed by atoms with E-state index in [1.807, 2.05) is 32.0 Å². The Labute approximate surface area is 147 Å². The Morgan fingerprint density at radius 3 is 2.80 bits per heavy atom. The molecule has 5 nitrogen and oxygen atoms in total. The third kappa shape index (κ3) is 3.06. The van der Waals surface area contributed by atoms with Crippen LogP contribution in [0.3, 0.4) is 0 Å². The lowest BCUT2D eigenvalue weighted by Gasteiger charge is -2.33. The molecule has 0 radical (unpaired) electrons. The molecule has 2 aliphatic rings. The first-order chi connectivity index (χ1) is 11.9. The van der Waals surface area contributed by atoms with Gasteiger partial charge in [0.15, 0.2) is 5.78 Å². The van der Waals surface area contributed by atoms with Gasteiger partial charge in [-0.2, -0.15) is 0 Å². The number of aryl methyl sites for hydroxylation is 2. The summed E-state index contributed by atoms with van der Waals surface area (Å²) in [5.41, 5.74) is 9.82. The summed E-state index contributed by atoms with van der Waals surface area (Å²) < 4.78 is 10.9. The van der Waals surface area contributed by atoms with Crippen molar-refractivity contribution in [2.24, 2.45) is 5.73 Å². The number of rotatable bonds is 3. The van der Waals surface area contributed by atoms with E-state index in [0.29, 0.717) is 24.2 Å². The first-order valence-corrected chi connectivity index (χ1v) is 8.62. The predicted molar refractivity (Wildman–Crippen MR) is 93.5 cm³/mol. The van der Waals surface area contributed by atoms with Crippen LogP contribution < -0.4 is 5.73 Å². The quantitative estimate of drug-likeness (QED) is 0.855. The zero-order valence-electron chi connectivity index (χ0n) is 14.8. The maximum absolute atomic E-state index is 12.7. The minimum absolute atomic E-state index is 0.0152. The highest BCUT2D eigenvalue weighted by molar-refractivity contribution is 6.03. The molecule has 0 spiro atoms. The van der Waals surface area contributed by atoms with Crippen molar-refractivity contribution in [2.45, 2.75) is 46.0 Å². The highest BCUT2D eigenvalue weighted by Gasteiger charge is 2.41. The van der Waals surface area contributed by atoms with Gasteiger partial charge in [0.05, 0.1) is 12.5 Å². The third-order valence-electron chi connectivity index (χ3n) is 4.73. The van der Waals surface area contributed by atoms with Crippen LogP contribution in [0.25, 0.3) is 0 Å². The Balaban J connectivity index is 2.22. The van der Waals surface area contributed by atoms with E-state index >= 15 is 0 Å². The molecule has 132 valence electrons. The first kappa shape index (κ1) is 17.3. The van der Waals surface area contributed by atoms with Gasteiger partial charge in [-0.15, -0.1) is 0 Å². The van der Waals surface area contributed by atoms with E-state index in [1.165, 1.54) is 0 Å². The van der Waals surface area contributed by atoms with Gasteiger partial charge in [0, 0.05) is 18.4 Å². The van der Waals surface area contributed by atoms with Crippen molar-refractivity contribution in [1.29, 1.82) is 0 Å². The van der Waals surface area contributed by atoms with Crippen LogP contribution in [0, 0.1) is 13.8 Å². The van der Waals surface area contributed by atoms with E-state index in [1.54, 1.807) is 6.92 Å². The lowest BCUT2D eigenvalue weighted by atomic mass is 9.75. The molecule has 0 bridgehead atoms. The van der Waals surface area contributed by atoms with Gasteiger partial charge in [0.2, 0.25) is 5.88 Å². The molecule has 1 aromatic carbocycles. The smallest absolute Gasteiger partial charge is 0.340 e. The Morgan fingerprint density at radius 1 is 1.32 bits per heavy atom. The summed E-state index contributed by atoms with van der Waals surface area (Å²) >= 11 is 0. The maximum Gasteiger partial charge on any atom is 0.340 e. The molecule has 0 unspecified atom stereocenters. The molecule has 0 aromatic heterocycles. The average molecular weight is 341 g/mol. The van der Waals surface area contributed by atoms with E-state index in [-0.39, 0.29) is 23.8 Å². The van der Waals surface area contributed by atoms with E-state index in [4.69, 9.17) is 15.2 Å². The van der Waals surface area contributed by atoms with E-state index in [0.717, 1.165) is 23.1 Å². The molecule has 1 aromatic rings. The van der Waals surface area contributed by atoms with Gasteiger partial charge in [-0.3, -0.25) is 4.79 Å². The molecular formula is C20H23NO4. The van der Waals surface area contributed by atoms with Crippen LogP contribution in [0.5, 0.6) is 0 Å². The summed E-state index contributed by atoms with van der Waals surface area (Å²) in [6, 6.07) is 6.00. The summed E-state index contributed by atoms with van der Waals surface area (Å²) in [7, 11) is 0. The number of carbonyl (C=O) groups is 2. The summed E-state index contributed by atoms with van der Waals surface area (Å²) in [5, 5.41) is 0. The van der Waals surface area contributed by atoms with Crippen LogP contribution in [0.4, 0.5) is 0 Å². The maximum atomic E-state index is 12.7. The predicted octanol–water partition coefficient (Wildman–Crippen LogP) is 3.16. The van der Waals surface area contributed by atoms with Gasteiger partial charge in [-0.1, -0.05) is 23.8 Å². The fourth-order valence-corrected chi connectivity index (χ4v) is 3.55. The molecule has 1 aliphatic carbocycles. The van der Waals surface area contributed by atoms with Crippen LogP contribution in [0.15, 0.2) is 41.0 Å². The molecule has 3 rings (SSSR count). The first-order valence-electron chi connectivity index (χ1n) is 8.62. The minimum Gasteiger partial charge on any atom is -0.462 e. The number of allylic oxidation sites excluding steroid dienone is 2. The molecule has 1 aliphatic heterocycles. The number of Topliss-reactive ketones (excluding diaryl/α,β-unsaturated/α-hetero) is 1. The molecule has 0 saturated heterocycles. The summed E-state index contributed by atoms with van der Waals surface area (Å²) in [4.78, 5) is 25.3. The second-order valence-electron chi connectivity index (χ2n) is 6.51. The van der Waals surface area contributed by atoms with Gasteiger partial charge in [-0.05, 0) is 38.3 Å². The molecule has 5 heteroatoms. The number of esters is 1. The average Bonchev–Trinajstić information content (AvgIpc) is 2.56. The van der Waals surface area contributed by atoms with Crippen molar-refractivity contribution in [2.75, 3.05) is 6.61 Å². The molecule has 0 saturated carbocycles. The Kier molecular flexibility index (Phi) is 4.66. The SMILES string of the molecule is CCOC(=O)C1=C(N)OC2=C(C(=O)CCC2)[C@@H]1c1cc(C)ccc1C. The summed E-state index contributed by atoms with van der Waals surface area (Å²) in [6.07, 6.45) is 1.85. The largest absolute Gasteiger partial charge is 0.462 e. The Bertz CT molecular complexity index is 804. The highest BCUT2D eigenvalue weighted by atomic mass is 16.5.